The van der Waals surface area contributed by atoms with Gasteiger partial charge >= 0.3 is 13.7 Å². The second kappa shape index (κ2) is 11.8. The Morgan fingerprint density at radius 3 is 2.67 bits per heavy atom. The number of imidazole rings is 1. The number of ether oxygens (including phenoxy) is 3. The molecule has 1 saturated heterocycles. The topological polar surface area (TPSA) is 186 Å². The number of benzene rings is 1. The van der Waals surface area contributed by atoms with Crippen LogP contribution >= 0.6 is 7.75 Å². The Labute approximate surface area is 231 Å². The monoisotopic (exact) mass is 573 g/mol. The van der Waals surface area contributed by atoms with Gasteiger partial charge in [0.25, 0.3) is 0 Å². The van der Waals surface area contributed by atoms with Crippen LogP contribution in [-0.4, -0.2) is 58.5 Å². The molecule has 1 aliphatic heterocycles. The van der Waals surface area contributed by atoms with Crippen LogP contribution in [0.1, 0.15) is 33.4 Å². The van der Waals surface area contributed by atoms with Crippen LogP contribution in [0.5, 0.6) is 11.6 Å². The minimum absolute atomic E-state index is 0.0296. The van der Waals surface area contributed by atoms with Crippen molar-refractivity contribution in [1.82, 2.24) is 24.6 Å². The van der Waals surface area contributed by atoms with Gasteiger partial charge in [0.1, 0.15) is 17.2 Å². The number of carbonyl (C=O) groups excluding carboxylic acids is 1. The van der Waals surface area contributed by atoms with Crippen molar-refractivity contribution in [2.24, 2.45) is 11.3 Å². The first-order valence-corrected chi connectivity index (χ1v) is 14.0. The van der Waals surface area contributed by atoms with Gasteiger partial charge in [0.2, 0.25) is 11.8 Å². The molecule has 1 aromatic carbocycles. The summed E-state index contributed by atoms with van der Waals surface area (Å²) in [4.78, 5) is 25.0. The van der Waals surface area contributed by atoms with Crippen molar-refractivity contribution in [3.8, 4) is 17.7 Å². The van der Waals surface area contributed by atoms with E-state index >= 15 is 0 Å². The van der Waals surface area contributed by atoms with Crippen molar-refractivity contribution in [2.45, 2.75) is 45.6 Å². The average molecular weight is 574 g/mol. The molecule has 2 aromatic heterocycles. The van der Waals surface area contributed by atoms with Crippen molar-refractivity contribution in [3.05, 3.63) is 36.7 Å². The van der Waals surface area contributed by atoms with E-state index in [9.17, 15) is 14.6 Å². The molecule has 15 heteroatoms. The summed E-state index contributed by atoms with van der Waals surface area (Å²) in [6.45, 7) is 5.05. The summed E-state index contributed by atoms with van der Waals surface area (Å²) in [7, 11) is -1.46. The molecule has 1 unspecified atom stereocenters. The summed E-state index contributed by atoms with van der Waals surface area (Å²) in [6.07, 6.45) is 0.176. The molecular formula is C25H32N7O7P. The zero-order valence-electron chi connectivity index (χ0n) is 22.8. The van der Waals surface area contributed by atoms with E-state index in [2.05, 4.69) is 26.1 Å². The molecule has 3 N–H and O–H groups in total. The van der Waals surface area contributed by atoms with Crippen LogP contribution in [0.2, 0.25) is 0 Å². The maximum atomic E-state index is 14.0. The van der Waals surface area contributed by atoms with E-state index in [0.717, 1.165) is 0 Å². The Bertz CT molecular complexity index is 1440. The van der Waals surface area contributed by atoms with Gasteiger partial charge in [-0.2, -0.15) is 20.3 Å². The minimum Gasteiger partial charge on any atom is -0.479 e. The third-order valence-electron chi connectivity index (χ3n) is 6.44. The lowest BCUT2D eigenvalue weighted by molar-refractivity contribution is -0.143. The lowest BCUT2D eigenvalue weighted by Gasteiger charge is -2.27. The normalized spacial score (nSPS) is 22.9. The highest BCUT2D eigenvalue weighted by atomic mass is 31.2. The molecule has 214 valence electrons. The predicted molar refractivity (Wildman–Crippen MR) is 143 cm³/mol. The van der Waals surface area contributed by atoms with Crippen molar-refractivity contribution in [3.63, 3.8) is 0 Å². The van der Waals surface area contributed by atoms with E-state index in [-0.39, 0.29) is 36.5 Å². The number of nitrogens with two attached hydrogens (primary N) is 1. The molecule has 0 aliphatic carbocycles. The number of para-hydroxylation sites is 1. The molecule has 5 atom stereocenters. The van der Waals surface area contributed by atoms with Crippen molar-refractivity contribution in [2.75, 3.05) is 26.6 Å². The second-order valence-electron chi connectivity index (χ2n) is 9.83. The number of methoxy groups -OCH3 is 2. The number of hydrogen-bond acceptors (Lipinski definition) is 12. The molecule has 0 radical (unpaired) electrons. The van der Waals surface area contributed by atoms with E-state index in [1.165, 1.54) is 20.5 Å². The van der Waals surface area contributed by atoms with Gasteiger partial charge in [-0.15, -0.1) is 0 Å². The zero-order chi connectivity index (χ0) is 29.1. The third kappa shape index (κ3) is 6.03. The molecular weight excluding hydrogens is 541 g/mol. The van der Waals surface area contributed by atoms with Gasteiger partial charge in [-0.25, -0.2) is 9.55 Å². The zero-order valence-corrected chi connectivity index (χ0v) is 23.7. The molecule has 3 aromatic rings. The number of nitrogens with one attached hydrogen (secondary N) is 1. The Morgan fingerprint density at radius 2 is 2.05 bits per heavy atom. The Morgan fingerprint density at radius 1 is 1.32 bits per heavy atom. The predicted octanol–water partition coefficient (Wildman–Crippen LogP) is 3.23. The van der Waals surface area contributed by atoms with E-state index in [1.807, 2.05) is 0 Å². The molecule has 0 bridgehead atoms. The van der Waals surface area contributed by atoms with Crippen LogP contribution in [0.25, 0.3) is 11.2 Å². The van der Waals surface area contributed by atoms with Crippen LogP contribution in [0.3, 0.4) is 0 Å². The van der Waals surface area contributed by atoms with E-state index < -0.39 is 37.5 Å². The summed E-state index contributed by atoms with van der Waals surface area (Å²) in [5, 5.41) is 12.8. The number of nitrogen functional groups attached to an aromatic ring is 1. The largest absolute Gasteiger partial charge is 0.479 e. The van der Waals surface area contributed by atoms with Gasteiger partial charge in [0, 0.05) is 0 Å². The molecule has 4 rings (SSSR count). The maximum absolute atomic E-state index is 14.0. The average Bonchev–Trinajstić information content (AvgIpc) is 3.50. The molecule has 14 nitrogen and oxygen atoms in total. The standard InChI is InChI=1S/C25H32N7O7P/c1-15(2)18(22(33)36-5)31-40(34,39-16-9-7-6-8-10-16)37-12-17-11-25(3,13-26)23(38-17)32-14-28-19-20(32)29-24(27)30-21(19)35-4/h6-10,14-15,17-18,23H,11-12H2,1-5H3,(H,31,34)(H2,27,29,30)/t17-,18-,23+,25-,40?/m0/s1. The minimum atomic E-state index is -4.14. The molecule has 0 saturated carbocycles. The van der Waals surface area contributed by atoms with Crippen LogP contribution < -0.4 is 20.1 Å². The second-order valence-corrected chi connectivity index (χ2v) is 11.5. The first kappa shape index (κ1) is 29.2. The molecule has 1 aliphatic rings. The number of aromatic nitrogens is 4. The van der Waals surface area contributed by atoms with Crippen LogP contribution in [0.15, 0.2) is 36.7 Å². The number of anilines is 1. The van der Waals surface area contributed by atoms with E-state index in [1.54, 1.807) is 55.7 Å². The summed E-state index contributed by atoms with van der Waals surface area (Å²) >= 11 is 0. The highest BCUT2D eigenvalue weighted by Crippen LogP contribution is 2.49. The first-order valence-electron chi connectivity index (χ1n) is 12.5. The Kier molecular flexibility index (Phi) is 8.60. The lowest BCUT2D eigenvalue weighted by atomic mass is 9.87. The van der Waals surface area contributed by atoms with Crippen molar-refractivity contribution < 1.29 is 32.6 Å². The smallest absolute Gasteiger partial charge is 0.459 e. The van der Waals surface area contributed by atoms with Gasteiger partial charge in [-0.3, -0.25) is 13.9 Å². The number of nitrogens with zero attached hydrogens (tertiary/aromatic N) is 5. The van der Waals surface area contributed by atoms with Gasteiger partial charge in [-0.1, -0.05) is 32.0 Å². The van der Waals surface area contributed by atoms with Gasteiger partial charge in [0.05, 0.1) is 39.3 Å². The summed E-state index contributed by atoms with van der Waals surface area (Å²) < 4.78 is 43.5. The quantitative estimate of drug-likeness (QED) is 0.252. The van der Waals surface area contributed by atoms with Crippen molar-refractivity contribution in [1.29, 1.82) is 5.26 Å². The lowest BCUT2D eigenvalue weighted by Crippen LogP contribution is -2.41. The molecule has 40 heavy (non-hydrogen) atoms. The number of hydrogen-bond donors (Lipinski definition) is 2. The van der Waals surface area contributed by atoms with Crippen LogP contribution in [-0.2, 0) is 23.4 Å². The SMILES string of the molecule is COC(=O)[C@@H](NP(=O)(OC[C@@H]1C[C@@](C)(C#N)[C@H](n2cnc3c(OC)nc(N)nc32)O1)Oc1ccccc1)C(C)C. The first-order chi connectivity index (χ1) is 19.0. The highest BCUT2D eigenvalue weighted by molar-refractivity contribution is 7.52. The van der Waals surface area contributed by atoms with Crippen LogP contribution in [0.4, 0.5) is 5.95 Å². The molecule has 0 amide bonds. The summed E-state index contributed by atoms with van der Waals surface area (Å²) in [6, 6.07) is 9.76. The van der Waals surface area contributed by atoms with Gasteiger partial charge in [0.15, 0.2) is 17.4 Å². The number of rotatable bonds is 11. The van der Waals surface area contributed by atoms with Crippen molar-refractivity contribution >= 4 is 30.8 Å². The van der Waals surface area contributed by atoms with Crippen LogP contribution in [0, 0.1) is 22.7 Å². The van der Waals surface area contributed by atoms with Gasteiger partial charge < -0.3 is 24.5 Å². The molecule has 3 heterocycles. The third-order valence-corrected chi connectivity index (χ3v) is 7.98. The fraction of sp³-hybridized carbons (Fsp3) is 0.480. The van der Waals surface area contributed by atoms with E-state index in [4.69, 9.17) is 29.0 Å². The van der Waals surface area contributed by atoms with E-state index in [0.29, 0.717) is 11.2 Å². The Hall–Kier alpha value is -3.76. The fourth-order valence-corrected chi connectivity index (χ4v) is 6.10. The maximum Gasteiger partial charge on any atom is 0.459 e. The summed E-state index contributed by atoms with van der Waals surface area (Å²) in [5.41, 5.74) is 5.49. The van der Waals surface area contributed by atoms with Gasteiger partial charge in [-0.05, 0) is 31.4 Å². The summed E-state index contributed by atoms with van der Waals surface area (Å²) in [5.74, 6) is -0.479. The highest BCUT2D eigenvalue weighted by Gasteiger charge is 2.48. The number of esters is 1. The fourth-order valence-electron chi connectivity index (χ4n) is 4.41. The number of nitriles is 1. The number of fused-ring (bicyclic) bond motifs is 1. The Balaban J connectivity index is 1.59. The number of carbonyl (C=O) groups is 1. The molecule has 0 spiro atoms. The molecule has 1 fully saturated rings.